The van der Waals surface area contributed by atoms with E-state index in [4.69, 9.17) is 4.74 Å². The zero-order chi connectivity index (χ0) is 19.1. The van der Waals surface area contributed by atoms with E-state index in [2.05, 4.69) is 39.7 Å². The Morgan fingerprint density at radius 1 is 1.07 bits per heavy atom. The first-order valence-corrected chi connectivity index (χ1v) is 8.80. The molecule has 0 radical (unpaired) electrons. The predicted octanol–water partition coefficient (Wildman–Crippen LogP) is 4.05. The molecule has 2 aromatic carbocycles. The summed E-state index contributed by atoms with van der Waals surface area (Å²) in [5.74, 6) is 0.820. The second-order valence-corrected chi connectivity index (χ2v) is 6.02. The van der Waals surface area contributed by atoms with Gasteiger partial charge in [-0.25, -0.2) is 9.97 Å². The number of ether oxygens (including phenoxy) is 1. The van der Waals surface area contributed by atoms with Crippen LogP contribution in [0.2, 0.25) is 0 Å². The van der Waals surface area contributed by atoms with E-state index in [0.29, 0.717) is 36.1 Å². The molecule has 0 bridgehead atoms. The van der Waals surface area contributed by atoms with Crippen molar-refractivity contribution in [3.63, 3.8) is 0 Å². The van der Waals surface area contributed by atoms with Crippen LogP contribution in [-0.4, -0.2) is 22.5 Å². The van der Waals surface area contributed by atoms with E-state index in [1.807, 2.05) is 37.3 Å². The molecule has 1 heterocycles. The fraction of sp³-hybridized carbons (Fsp3) is 0.190. The van der Waals surface area contributed by atoms with Crippen LogP contribution >= 0.6 is 0 Å². The number of aromatic nitrogens is 2. The number of nitrogens with one attached hydrogen (secondary N) is 2. The highest BCUT2D eigenvalue weighted by Gasteiger charge is 2.11. The number of carbonyl (C=O) groups excluding carboxylic acids is 1. The fourth-order valence-corrected chi connectivity index (χ4v) is 2.59. The molecule has 6 nitrogen and oxygen atoms in total. The third-order valence-corrected chi connectivity index (χ3v) is 3.88. The quantitative estimate of drug-likeness (QED) is 0.663. The number of benzene rings is 2. The maximum atomic E-state index is 12.4. The summed E-state index contributed by atoms with van der Waals surface area (Å²) in [5, 5.41) is 5.99. The van der Waals surface area contributed by atoms with Gasteiger partial charge in [-0.2, -0.15) is 0 Å². The molecular formula is C21H22N4O2. The Morgan fingerprint density at radius 2 is 1.85 bits per heavy atom. The zero-order valence-corrected chi connectivity index (χ0v) is 15.4. The normalized spacial score (nSPS) is 10.3. The molecular weight excluding hydrogens is 340 g/mol. The van der Waals surface area contributed by atoms with Gasteiger partial charge in [0.1, 0.15) is 5.75 Å². The molecule has 2 N–H and O–H groups in total. The Morgan fingerprint density at radius 3 is 2.59 bits per heavy atom. The molecule has 3 rings (SSSR count). The Bertz CT molecular complexity index is 910. The van der Waals surface area contributed by atoms with Gasteiger partial charge in [-0.05, 0) is 31.5 Å². The third kappa shape index (κ3) is 5.04. The Hall–Kier alpha value is -3.41. The molecule has 0 fully saturated rings. The molecule has 138 valence electrons. The van der Waals surface area contributed by atoms with Crippen molar-refractivity contribution in [1.82, 2.24) is 9.97 Å². The standard InChI is InChI=1S/C21H22N4O2/c1-3-27-19-10-5-4-9-18(19)25-20(26)17-13-23-21(24-14-17)22-12-16-8-6-7-15(2)11-16/h4-11,13-14H,3,12H2,1-2H3,(H,25,26)(H,22,23,24). The van der Waals surface area contributed by atoms with Gasteiger partial charge in [0.15, 0.2) is 0 Å². The van der Waals surface area contributed by atoms with Crippen LogP contribution in [0.5, 0.6) is 5.75 Å². The second kappa shape index (κ2) is 8.80. The van der Waals surface area contributed by atoms with E-state index < -0.39 is 0 Å². The minimum atomic E-state index is -0.285. The van der Waals surface area contributed by atoms with Crippen LogP contribution in [0.3, 0.4) is 0 Å². The Balaban J connectivity index is 1.62. The lowest BCUT2D eigenvalue weighted by molar-refractivity contribution is 0.102. The van der Waals surface area contributed by atoms with Gasteiger partial charge in [0.2, 0.25) is 5.95 Å². The summed E-state index contributed by atoms with van der Waals surface area (Å²) in [6.45, 7) is 5.10. The van der Waals surface area contributed by atoms with Crippen molar-refractivity contribution in [1.29, 1.82) is 0 Å². The number of rotatable bonds is 7. The first kappa shape index (κ1) is 18.4. The van der Waals surface area contributed by atoms with E-state index in [1.54, 1.807) is 6.07 Å². The lowest BCUT2D eigenvalue weighted by Crippen LogP contribution is -2.14. The summed E-state index contributed by atoms with van der Waals surface area (Å²) >= 11 is 0. The Kier molecular flexibility index (Phi) is 5.99. The largest absolute Gasteiger partial charge is 0.492 e. The number of hydrogen-bond acceptors (Lipinski definition) is 5. The molecule has 0 aliphatic heterocycles. The van der Waals surface area contributed by atoms with Gasteiger partial charge < -0.3 is 15.4 Å². The predicted molar refractivity (Wildman–Crippen MR) is 106 cm³/mol. The number of aryl methyl sites for hydroxylation is 1. The molecule has 1 amide bonds. The van der Waals surface area contributed by atoms with Crippen LogP contribution in [-0.2, 0) is 6.54 Å². The number of para-hydroxylation sites is 2. The first-order chi connectivity index (χ1) is 13.2. The second-order valence-electron chi connectivity index (χ2n) is 6.02. The summed E-state index contributed by atoms with van der Waals surface area (Å²) in [6.07, 6.45) is 3.01. The SMILES string of the molecule is CCOc1ccccc1NC(=O)c1cnc(NCc2cccc(C)c2)nc1. The minimum Gasteiger partial charge on any atom is -0.492 e. The average molecular weight is 362 g/mol. The summed E-state index contributed by atoms with van der Waals surface area (Å²) < 4.78 is 5.52. The van der Waals surface area contributed by atoms with Crippen molar-refractivity contribution in [2.45, 2.75) is 20.4 Å². The highest BCUT2D eigenvalue weighted by atomic mass is 16.5. The van der Waals surface area contributed by atoms with Crippen molar-refractivity contribution in [3.05, 3.63) is 77.6 Å². The smallest absolute Gasteiger partial charge is 0.258 e. The van der Waals surface area contributed by atoms with E-state index in [-0.39, 0.29) is 5.91 Å². The fourth-order valence-electron chi connectivity index (χ4n) is 2.59. The minimum absolute atomic E-state index is 0.285. The van der Waals surface area contributed by atoms with E-state index >= 15 is 0 Å². The number of carbonyl (C=O) groups is 1. The van der Waals surface area contributed by atoms with Gasteiger partial charge in [-0.15, -0.1) is 0 Å². The monoisotopic (exact) mass is 362 g/mol. The number of amides is 1. The highest BCUT2D eigenvalue weighted by Crippen LogP contribution is 2.24. The van der Waals surface area contributed by atoms with Crippen LogP contribution in [0.4, 0.5) is 11.6 Å². The molecule has 6 heteroatoms. The number of nitrogens with zero attached hydrogens (tertiary/aromatic N) is 2. The van der Waals surface area contributed by atoms with Gasteiger partial charge in [-0.1, -0.05) is 42.0 Å². The Labute approximate surface area is 158 Å². The molecule has 0 aliphatic carbocycles. The van der Waals surface area contributed by atoms with Crippen molar-refractivity contribution in [2.75, 3.05) is 17.2 Å². The zero-order valence-electron chi connectivity index (χ0n) is 15.4. The van der Waals surface area contributed by atoms with E-state index in [1.165, 1.54) is 18.0 Å². The van der Waals surface area contributed by atoms with Crippen molar-refractivity contribution < 1.29 is 9.53 Å². The van der Waals surface area contributed by atoms with Gasteiger partial charge in [0.05, 0.1) is 17.9 Å². The van der Waals surface area contributed by atoms with Crippen LogP contribution < -0.4 is 15.4 Å². The van der Waals surface area contributed by atoms with E-state index in [0.717, 1.165) is 5.56 Å². The van der Waals surface area contributed by atoms with Gasteiger partial charge in [0.25, 0.3) is 5.91 Å². The lowest BCUT2D eigenvalue weighted by Gasteiger charge is -2.11. The van der Waals surface area contributed by atoms with Crippen molar-refractivity contribution >= 4 is 17.5 Å². The lowest BCUT2D eigenvalue weighted by atomic mass is 10.1. The van der Waals surface area contributed by atoms with Crippen LogP contribution in [0.15, 0.2) is 60.9 Å². The molecule has 0 aliphatic rings. The molecule has 1 aromatic heterocycles. The molecule has 0 saturated heterocycles. The number of anilines is 2. The maximum absolute atomic E-state index is 12.4. The van der Waals surface area contributed by atoms with Crippen LogP contribution in [0, 0.1) is 6.92 Å². The van der Waals surface area contributed by atoms with Crippen LogP contribution in [0.25, 0.3) is 0 Å². The third-order valence-electron chi connectivity index (χ3n) is 3.88. The topological polar surface area (TPSA) is 76.1 Å². The van der Waals surface area contributed by atoms with Crippen LogP contribution in [0.1, 0.15) is 28.4 Å². The molecule has 27 heavy (non-hydrogen) atoms. The summed E-state index contributed by atoms with van der Waals surface area (Å²) in [7, 11) is 0. The van der Waals surface area contributed by atoms with Gasteiger partial charge in [0, 0.05) is 18.9 Å². The summed E-state index contributed by atoms with van der Waals surface area (Å²) in [6, 6.07) is 15.5. The molecule has 0 unspecified atom stereocenters. The molecule has 0 saturated carbocycles. The summed E-state index contributed by atoms with van der Waals surface area (Å²) in [4.78, 5) is 20.9. The maximum Gasteiger partial charge on any atom is 0.258 e. The first-order valence-electron chi connectivity index (χ1n) is 8.80. The van der Waals surface area contributed by atoms with Crippen molar-refractivity contribution in [2.24, 2.45) is 0 Å². The highest BCUT2D eigenvalue weighted by molar-refractivity contribution is 6.04. The van der Waals surface area contributed by atoms with Gasteiger partial charge in [-0.3, -0.25) is 4.79 Å². The summed E-state index contributed by atoms with van der Waals surface area (Å²) in [5.41, 5.74) is 3.34. The van der Waals surface area contributed by atoms with E-state index in [9.17, 15) is 4.79 Å². The number of hydrogen-bond donors (Lipinski definition) is 2. The van der Waals surface area contributed by atoms with Gasteiger partial charge >= 0.3 is 0 Å². The molecule has 0 atom stereocenters. The average Bonchev–Trinajstić information content (AvgIpc) is 2.68. The van der Waals surface area contributed by atoms with Crippen molar-refractivity contribution in [3.8, 4) is 5.75 Å². The molecule has 0 spiro atoms. The molecule has 3 aromatic rings.